The molecule has 1 aromatic carbocycles. The van der Waals surface area contributed by atoms with E-state index in [1.807, 2.05) is 30.3 Å². The predicted octanol–water partition coefficient (Wildman–Crippen LogP) is 4.52. The van der Waals surface area contributed by atoms with E-state index in [0.717, 1.165) is 11.1 Å². The highest BCUT2D eigenvalue weighted by Crippen LogP contribution is 2.38. The summed E-state index contributed by atoms with van der Waals surface area (Å²) < 4.78 is 23.8. The van der Waals surface area contributed by atoms with Gasteiger partial charge in [-0.05, 0) is 23.7 Å². The van der Waals surface area contributed by atoms with Crippen molar-refractivity contribution < 1.29 is 18.6 Å². The zero-order valence-electron chi connectivity index (χ0n) is 16.4. The molecule has 1 aliphatic heterocycles. The van der Waals surface area contributed by atoms with Crippen LogP contribution in [0.4, 0.5) is 0 Å². The first-order valence-electron chi connectivity index (χ1n) is 8.82. The van der Waals surface area contributed by atoms with Gasteiger partial charge in [-0.3, -0.25) is 0 Å². The molecule has 0 N–H and O–H groups in total. The molecule has 0 saturated carbocycles. The van der Waals surface area contributed by atoms with Crippen molar-refractivity contribution in [3.05, 3.63) is 48.0 Å². The second kappa shape index (κ2) is 8.14. The predicted molar refractivity (Wildman–Crippen MR) is 103 cm³/mol. The maximum atomic E-state index is 6.34. The maximum absolute atomic E-state index is 6.34. The molecule has 2 rings (SSSR count). The molecule has 1 fully saturated rings. The lowest BCUT2D eigenvalue weighted by Crippen LogP contribution is -2.44. The minimum absolute atomic E-state index is 0.156. The topological polar surface area (TPSA) is 36.9 Å². The Kier molecular flexibility index (Phi) is 6.62. The van der Waals surface area contributed by atoms with Gasteiger partial charge in [0, 0.05) is 12.7 Å². The van der Waals surface area contributed by atoms with Gasteiger partial charge in [0.2, 0.25) is 0 Å². The van der Waals surface area contributed by atoms with Gasteiger partial charge in [0.15, 0.2) is 14.6 Å². The summed E-state index contributed by atoms with van der Waals surface area (Å²) in [7, 11) is -0.223. The van der Waals surface area contributed by atoms with Crippen molar-refractivity contribution in [2.24, 2.45) is 0 Å². The Morgan fingerprint density at radius 3 is 2.36 bits per heavy atom. The van der Waals surface area contributed by atoms with Gasteiger partial charge in [0.25, 0.3) is 0 Å². The Labute approximate surface area is 153 Å². The molecule has 25 heavy (non-hydrogen) atoms. The molecule has 1 aliphatic rings. The Balaban J connectivity index is 2.02. The quantitative estimate of drug-likeness (QED) is 0.526. The first-order valence-corrected chi connectivity index (χ1v) is 11.7. The number of methoxy groups -OCH3 is 1. The molecular formula is C20H32O4Si. The molecule has 1 aromatic rings. The molecule has 0 aliphatic carbocycles. The average Bonchev–Trinajstić information content (AvgIpc) is 2.86. The standard InChI is InChI=1S/C20H32O4Si/c1-15-18(22-13-16-11-9-8-10-12-16)17(24-19(15)21-5)14-23-25(6,7)20(2,3)4/h8-12,17-19H,1,13-14H2,2-7H3/t17-,18+,19?/m1/s1. The van der Waals surface area contributed by atoms with E-state index in [1.54, 1.807) is 7.11 Å². The van der Waals surface area contributed by atoms with Crippen molar-refractivity contribution in [1.82, 2.24) is 0 Å². The number of ether oxygens (including phenoxy) is 3. The van der Waals surface area contributed by atoms with Crippen LogP contribution in [0.1, 0.15) is 26.3 Å². The smallest absolute Gasteiger partial charge is 0.192 e. The van der Waals surface area contributed by atoms with E-state index in [9.17, 15) is 0 Å². The molecule has 0 bridgehead atoms. The molecule has 5 heteroatoms. The highest BCUT2D eigenvalue weighted by atomic mass is 28.4. The number of hydrogen-bond acceptors (Lipinski definition) is 4. The maximum Gasteiger partial charge on any atom is 0.192 e. The lowest BCUT2D eigenvalue weighted by molar-refractivity contribution is -0.122. The van der Waals surface area contributed by atoms with Gasteiger partial charge in [-0.1, -0.05) is 57.7 Å². The normalized spacial score (nSPS) is 24.7. The van der Waals surface area contributed by atoms with Crippen molar-refractivity contribution in [3.63, 3.8) is 0 Å². The Morgan fingerprint density at radius 2 is 1.80 bits per heavy atom. The van der Waals surface area contributed by atoms with Crippen LogP contribution in [-0.4, -0.2) is 40.5 Å². The second-order valence-electron chi connectivity index (χ2n) is 8.11. The van der Waals surface area contributed by atoms with E-state index >= 15 is 0 Å². The molecule has 0 spiro atoms. The highest BCUT2D eigenvalue weighted by Gasteiger charge is 2.43. The van der Waals surface area contributed by atoms with Crippen molar-refractivity contribution in [1.29, 1.82) is 0 Å². The van der Waals surface area contributed by atoms with Crippen molar-refractivity contribution in [2.75, 3.05) is 13.7 Å². The summed E-state index contributed by atoms with van der Waals surface area (Å²) in [6.07, 6.45) is -0.862. The van der Waals surface area contributed by atoms with Crippen LogP contribution >= 0.6 is 0 Å². The Morgan fingerprint density at radius 1 is 1.16 bits per heavy atom. The van der Waals surface area contributed by atoms with E-state index < -0.39 is 14.6 Å². The zero-order chi connectivity index (χ0) is 18.7. The van der Waals surface area contributed by atoms with Gasteiger partial charge in [-0.25, -0.2) is 0 Å². The van der Waals surface area contributed by atoms with E-state index in [1.165, 1.54) is 0 Å². The van der Waals surface area contributed by atoms with Crippen LogP contribution in [0.5, 0.6) is 0 Å². The van der Waals surface area contributed by atoms with Crippen LogP contribution in [0.3, 0.4) is 0 Å². The summed E-state index contributed by atoms with van der Waals surface area (Å²) in [5.74, 6) is 0. The fourth-order valence-corrected chi connectivity index (χ4v) is 3.52. The van der Waals surface area contributed by atoms with E-state index in [4.69, 9.17) is 18.6 Å². The van der Waals surface area contributed by atoms with Crippen LogP contribution in [0.25, 0.3) is 0 Å². The van der Waals surface area contributed by atoms with Gasteiger partial charge >= 0.3 is 0 Å². The van der Waals surface area contributed by atoms with E-state index in [0.29, 0.717) is 13.2 Å². The average molecular weight is 365 g/mol. The summed E-state index contributed by atoms with van der Waals surface area (Å²) in [5.41, 5.74) is 1.95. The molecule has 1 saturated heterocycles. The van der Waals surface area contributed by atoms with Gasteiger partial charge in [-0.15, -0.1) is 0 Å². The number of hydrogen-bond donors (Lipinski definition) is 0. The van der Waals surface area contributed by atoms with Crippen LogP contribution in [0, 0.1) is 0 Å². The second-order valence-corrected chi connectivity index (χ2v) is 12.9. The molecule has 140 valence electrons. The van der Waals surface area contributed by atoms with Gasteiger partial charge < -0.3 is 18.6 Å². The molecule has 0 amide bonds. The third-order valence-electron chi connectivity index (χ3n) is 5.21. The van der Waals surface area contributed by atoms with E-state index in [-0.39, 0.29) is 17.2 Å². The highest BCUT2D eigenvalue weighted by molar-refractivity contribution is 6.74. The minimum Gasteiger partial charge on any atom is -0.414 e. The summed E-state index contributed by atoms with van der Waals surface area (Å²) in [6, 6.07) is 10.1. The molecule has 0 aromatic heterocycles. The first kappa shape index (κ1) is 20.3. The fraction of sp³-hybridized carbons (Fsp3) is 0.600. The van der Waals surface area contributed by atoms with Crippen LogP contribution in [0.15, 0.2) is 42.5 Å². The Bertz CT molecular complexity index is 565. The van der Waals surface area contributed by atoms with Crippen LogP contribution in [-0.2, 0) is 25.2 Å². The fourth-order valence-electron chi connectivity index (χ4n) is 2.51. The monoisotopic (exact) mass is 364 g/mol. The number of benzene rings is 1. The molecule has 3 atom stereocenters. The third kappa shape index (κ3) is 5.02. The van der Waals surface area contributed by atoms with Gasteiger partial charge in [0.05, 0.1) is 13.2 Å². The SMILES string of the molecule is C=C1C(OC)O[C@H](CO[Si](C)(C)C(C)(C)C)[C@H]1OCc1ccccc1. The lowest BCUT2D eigenvalue weighted by atomic mass is 10.1. The van der Waals surface area contributed by atoms with Crippen molar-refractivity contribution in [2.45, 2.75) is 64.0 Å². The molecular weight excluding hydrogens is 332 g/mol. The molecule has 1 heterocycles. The molecule has 0 radical (unpaired) electrons. The minimum atomic E-state index is -1.85. The summed E-state index contributed by atoms with van der Waals surface area (Å²) in [5, 5.41) is 0.156. The van der Waals surface area contributed by atoms with Crippen LogP contribution in [0.2, 0.25) is 18.1 Å². The van der Waals surface area contributed by atoms with Crippen molar-refractivity contribution >= 4 is 8.32 Å². The third-order valence-corrected chi connectivity index (χ3v) is 9.71. The van der Waals surface area contributed by atoms with E-state index in [2.05, 4.69) is 40.4 Å². The number of rotatable bonds is 7. The van der Waals surface area contributed by atoms with Crippen molar-refractivity contribution in [3.8, 4) is 0 Å². The summed E-state index contributed by atoms with van der Waals surface area (Å²) in [4.78, 5) is 0. The summed E-state index contributed by atoms with van der Waals surface area (Å²) >= 11 is 0. The van der Waals surface area contributed by atoms with Gasteiger partial charge in [0.1, 0.15) is 12.2 Å². The first-order chi connectivity index (χ1) is 11.7. The summed E-state index contributed by atoms with van der Waals surface area (Å²) in [6.45, 7) is 16.3. The van der Waals surface area contributed by atoms with Gasteiger partial charge in [-0.2, -0.15) is 0 Å². The Hall–Kier alpha value is -0.983. The molecule has 1 unspecified atom stereocenters. The largest absolute Gasteiger partial charge is 0.414 e. The van der Waals surface area contributed by atoms with Crippen LogP contribution < -0.4 is 0 Å². The zero-order valence-corrected chi connectivity index (χ0v) is 17.4. The molecule has 4 nitrogen and oxygen atoms in total. The lowest BCUT2D eigenvalue weighted by Gasteiger charge is -2.37.